The Morgan fingerprint density at radius 2 is 1.86 bits per heavy atom. The van der Waals surface area contributed by atoms with Crippen LogP contribution in [0.1, 0.15) is 29.7 Å². The van der Waals surface area contributed by atoms with Gasteiger partial charge >= 0.3 is 0 Å². The number of aromatic nitrogens is 2. The Morgan fingerprint density at radius 3 is 2.54 bits per heavy atom. The van der Waals surface area contributed by atoms with Gasteiger partial charge in [-0.1, -0.05) is 36.4 Å². The van der Waals surface area contributed by atoms with Gasteiger partial charge in [0, 0.05) is 23.4 Å². The Morgan fingerprint density at radius 1 is 1.06 bits per heavy atom. The molecular formula is C28H28N4O3. The molecule has 0 unspecified atom stereocenters. The van der Waals surface area contributed by atoms with Crippen molar-refractivity contribution in [1.29, 1.82) is 0 Å². The number of carbonyl (C=O) groups excluding carboxylic acids is 2. The molecule has 1 saturated carbocycles. The fraction of sp³-hybridized carbons (Fsp3) is 0.250. The third kappa shape index (κ3) is 5.19. The second-order valence-electron chi connectivity index (χ2n) is 9.05. The predicted octanol–water partition coefficient (Wildman–Crippen LogP) is 5.13. The number of nitrogens with zero attached hydrogens (tertiary/aromatic N) is 3. The first-order valence-corrected chi connectivity index (χ1v) is 11.8. The quantitative estimate of drug-likeness (QED) is 0.389. The fourth-order valence-corrected chi connectivity index (χ4v) is 4.02. The van der Waals surface area contributed by atoms with E-state index in [0.717, 1.165) is 35.3 Å². The number of carbonyl (C=O) groups is 2. The number of rotatable bonds is 8. The van der Waals surface area contributed by atoms with Crippen molar-refractivity contribution >= 4 is 17.8 Å². The molecule has 0 radical (unpaired) electrons. The van der Waals surface area contributed by atoms with Gasteiger partial charge < -0.3 is 9.32 Å². The summed E-state index contributed by atoms with van der Waals surface area (Å²) in [5, 5.41) is 2.95. The van der Waals surface area contributed by atoms with Gasteiger partial charge in [-0.05, 0) is 62.1 Å². The van der Waals surface area contributed by atoms with Gasteiger partial charge in [0.25, 0.3) is 0 Å². The number of hydrogen-bond acceptors (Lipinski definition) is 4. The van der Waals surface area contributed by atoms with E-state index in [1.165, 1.54) is 5.56 Å². The van der Waals surface area contributed by atoms with Gasteiger partial charge in [-0.2, -0.15) is 0 Å². The maximum atomic E-state index is 13.2. The lowest BCUT2D eigenvalue weighted by Gasteiger charge is -2.21. The highest BCUT2D eigenvalue weighted by Crippen LogP contribution is 2.31. The molecule has 0 saturated heterocycles. The molecule has 0 spiro atoms. The first-order valence-electron chi connectivity index (χ1n) is 11.8. The predicted molar refractivity (Wildman–Crippen MR) is 134 cm³/mol. The molecule has 4 aromatic rings. The lowest BCUT2D eigenvalue weighted by Crippen LogP contribution is -2.38. The van der Waals surface area contributed by atoms with Crippen molar-refractivity contribution in [1.82, 2.24) is 14.5 Å². The number of imidazole rings is 1. The first kappa shape index (κ1) is 22.7. The highest BCUT2D eigenvalue weighted by molar-refractivity contribution is 5.94. The molecule has 2 aromatic heterocycles. The van der Waals surface area contributed by atoms with E-state index < -0.39 is 0 Å². The van der Waals surface area contributed by atoms with Crippen LogP contribution in [-0.2, 0) is 16.1 Å². The van der Waals surface area contributed by atoms with Crippen LogP contribution in [0.2, 0.25) is 0 Å². The van der Waals surface area contributed by atoms with Gasteiger partial charge in [0.2, 0.25) is 17.8 Å². The summed E-state index contributed by atoms with van der Waals surface area (Å²) in [4.78, 5) is 32.3. The fourth-order valence-electron chi connectivity index (χ4n) is 4.02. The van der Waals surface area contributed by atoms with E-state index in [1.54, 1.807) is 17.2 Å². The van der Waals surface area contributed by atoms with Crippen molar-refractivity contribution in [2.24, 2.45) is 5.92 Å². The number of amides is 2. The van der Waals surface area contributed by atoms with E-state index in [9.17, 15) is 9.59 Å². The van der Waals surface area contributed by atoms with Crippen LogP contribution < -0.4 is 5.32 Å². The van der Waals surface area contributed by atoms with Crippen molar-refractivity contribution in [2.45, 2.75) is 33.2 Å². The molecule has 1 fully saturated rings. The summed E-state index contributed by atoms with van der Waals surface area (Å²) < 4.78 is 7.30. The molecule has 1 aliphatic carbocycles. The number of benzene rings is 2. The van der Waals surface area contributed by atoms with Crippen LogP contribution in [0, 0.1) is 19.8 Å². The zero-order valence-electron chi connectivity index (χ0n) is 19.9. The summed E-state index contributed by atoms with van der Waals surface area (Å²) in [6.07, 6.45) is 5.23. The monoisotopic (exact) mass is 468 g/mol. The first-order chi connectivity index (χ1) is 17.0. The molecule has 7 nitrogen and oxygen atoms in total. The average Bonchev–Trinajstić information content (AvgIpc) is 3.43. The molecule has 1 aliphatic rings. The number of nitrogens with one attached hydrogen (secondary N) is 1. The zero-order valence-corrected chi connectivity index (χ0v) is 19.9. The third-order valence-corrected chi connectivity index (χ3v) is 6.29. The molecule has 35 heavy (non-hydrogen) atoms. The van der Waals surface area contributed by atoms with E-state index in [1.807, 2.05) is 53.2 Å². The average molecular weight is 469 g/mol. The summed E-state index contributed by atoms with van der Waals surface area (Å²) in [5.74, 6) is 0.739. The lowest BCUT2D eigenvalue weighted by atomic mass is 10.1. The number of furan rings is 1. The second-order valence-corrected chi connectivity index (χ2v) is 9.05. The summed E-state index contributed by atoms with van der Waals surface area (Å²) in [6, 6.07) is 19.6. The highest BCUT2D eigenvalue weighted by atomic mass is 16.3. The second kappa shape index (κ2) is 9.62. The third-order valence-electron chi connectivity index (χ3n) is 6.29. The Hall–Kier alpha value is -4.13. The van der Waals surface area contributed by atoms with E-state index in [4.69, 9.17) is 9.40 Å². The number of anilines is 1. The van der Waals surface area contributed by atoms with E-state index >= 15 is 0 Å². The van der Waals surface area contributed by atoms with Crippen molar-refractivity contribution in [3.8, 4) is 16.9 Å². The molecule has 0 bridgehead atoms. The van der Waals surface area contributed by atoms with Crippen LogP contribution in [0.5, 0.6) is 0 Å². The van der Waals surface area contributed by atoms with Crippen molar-refractivity contribution < 1.29 is 14.0 Å². The van der Waals surface area contributed by atoms with E-state index in [-0.39, 0.29) is 30.8 Å². The Kier molecular flexibility index (Phi) is 6.23. The molecule has 0 atom stereocenters. The standard InChI is InChI=1S/C28H28N4O3/c1-19-10-13-23(15-20(19)2)32-17-25(21-7-4-3-5-8-21)29-28(32)30-26(33)18-31(27(34)22-11-12-22)16-24-9-6-14-35-24/h3-10,13-15,17,22H,11-12,16,18H2,1-2H3,(H,29,30,33). The van der Waals surface area contributed by atoms with Gasteiger partial charge in [0.15, 0.2) is 0 Å². The van der Waals surface area contributed by atoms with Gasteiger partial charge in [-0.3, -0.25) is 19.5 Å². The van der Waals surface area contributed by atoms with Crippen LogP contribution in [-0.4, -0.2) is 32.8 Å². The minimum Gasteiger partial charge on any atom is -0.467 e. The Balaban J connectivity index is 1.42. The molecule has 7 heteroatoms. The molecular weight excluding hydrogens is 440 g/mol. The molecule has 2 amide bonds. The topological polar surface area (TPSA) is 80.4 Å². The minimum atomic E-state index is -0.305. The smallest absolute Gasteiger partial charge is 0.246 e. The SMILES string of the molecule is Cc1ccc(-n2cc(-c3ccccc3)nc2NC(=O)CN(Cc2ccco2)C(=O)C2CC2)cc1C. The number of aryl methyl sites for hydroxylation is 2. The van der Waals surface area contributed by atoms with Gasteiger partial charge in [-0.15, -0.1) is 0 Å². The Labute approximate surface area is 204 Å². The molecule has 1 N–H and O–H groups in total. The maximum absolute atomic E-state index is 13.2. The largest absolute Gasteiger partial charge is 0.467 e. The molecule has 5 rings (SSSR count). The molecule has 2 aromatic carbocycles. The highest BCUT2D eigenvalue weighted by Gasteiger charge is 2.34. The molecule has 2 heterocycles. The summed E-state index contributed by atoms with van der Waals surface area (Å²) in [5.41, 5.74) is 4.94. The van der Waals surface area contributed by atoms with Crippen LogP contribution in [0.15, 0.2) is 77.5 Å². The van der Waals surface area contributed by atoms with Gasteiger partial charge in [0.1, 0.15) is 12.3 Å². The zero-order chi connectivity index (χ0) is 24.4. The Bertz CT molecular complexity index is 1340. The van der Waals surface area contributed by atoms with E-state index in [0.29, 0.717) is 11.7 Å². The number of hydrogen-bond donors (Lipinski definition) is 1. The normalized spacial score (nSPS) is 13.0. The van der Waals surface area contributed by atoms with Gasteiger partial charge in [-0.25, -0.2) is 4.98 Å². The minimum absolute atomic E-state index is 0.0000321. The summed E-state index contributed by atoms with van der Waals surface area (Å²) >= 11 is 0. The van der Waals surface area contributed by atoms with Crippen LogP contribution >= 0.6 is 0 Å². The van der Waals surface area contributed by atoms with Crippen molar-refractivity contribution in [3.05, 3.63) is 90.0 Å². The molecule has 178 valence electrons. The summed E-state index contributed by atoms with van der Waals surface area (Å²) in [6.45, 7) is 4.31. The maximum Gasteiger partial charge on any atom is 0.246 e. The lowest BCUT2D eigenvalue weighted by molar-refractivity contribution is -0.136. The van der Waals surface area contributed by atoms with Crippen LogP contribution in [0.3, 0.4) is 0 Å². The van der Waals surface area contributed by atoms with Crippen molar-refractivity contribution in [3.63, 3.8) is 0 Å². The molecule has 0 aliphatic heterocycles. The van der Waals surface area contributed by atoms with Crippen LogP contribution in [0.25, 0.3) is 16.9 Å². The van der Waals surface area contributed by atoms with Crippen LogP contribution in [0.4, 0.5) is 5.95 Å². The van der Waals surface area contributed by atoms with Gasteiger partial charge in [0.05, 0.1) is 18.5 Å². The van der Waals surface area contributed by atoms with E-state index in [2.05, 4.69) is 31.3 Å². The van der Waals surface area contributed by atoms with Crippen molar-refractivity contribution in [2.75, 3.05) is 11.9 Å². The summed E-state index contributed by atoms with van der Waals surface area (Å²) in [7, 11) is 0.